The van der Waals surface area contributed by atoms with E-state index in [0.717, 1.165) is 22.0 Å². The molecule has 0 aliphatic carbocycles. The smallest absolute Gasteiger partial charge is 0.0332 e. The summed E-state index contributed by atoms with van der Waals surface area (Å²) in [4.78, 5) is 0. The van der Waals surface area contributed by atoms with E-state index in [1.807, 2.05) is 31.2 Å². The normalized spacial score (nSPS) is 11.6. The predicted octanol–water partition coefficient (Wildman–Crippen LogP) is 3.84. The third-order valence-electron chi connectivity index (χ3n) is 1.85. The Balaban J connectivity index is 0.00000169. The van der Waals surface area contributed by atoms with E-state index in [2.05, 4.69) is 22.5 Å². The number of nitrogens with two attached hydrogens (primary N) is 1. The summed E-state index contributed by atoms with van der Waals surface area (Å²) in [5.41, 5.74) is 8.25. The molecule has 78 valence electrons. The molecule has 0 aliphatic rings. The van der Waals surface area contributed by atoms with E-state index in [9.17, 15) is 0 Å². The van der Waals surface area contributed by atoms with Crippen LogP contribution in [0.5, 0.6) is 0 Å². The van der Waals surface area contributed by atoms with Gasteiger partial charge in [0.2, 0.25) is 0 Å². The second-order valence-electron chi connectivity index (χ2n) is 3.32. The molecule has 0 amide bonds. The molecular formula is C11H15BrClN. The fraction of sp³-hybridized carbons (Fsp3) is 0.273. The van der Waals surface area contributed by atoms with Crippen molar-refractivity contribution in [1.29, 1.82) is 0 Å². The van der Waals surface area contributed by atoms with E-state index >= 15 is 0 Å². The average molecular weight is 277 g/mol. The van der Waals surface area contributed by atoms with Gasteiger partial charge < -0.3 is 5.73 Å². The Kier molecular flexibility index (Phi) is 6.09. The molecule has 1 atom stereocenters. The number of hydrogen-bond donors (Lipinski definition) is 1. The van der Waals surface area contributed by atoms with Crippen LogP contribution in [0.2, 0.25) is 0 Å². The van der Waals surface area contributed by atoms with Crippen LogP contribution in [0, 0.1) is 0 Å². The van der Waals surface area contributed by atoms with Crippen molar-refractivity contribution in [3.8, 4) is 0 Å². The van der Waals surface area contributed by atoms with Crippen molar-refractivity contribution in [1.82, 2.24) is 0 Å². The maximum absolute atomic E-state index is 5.98. The lowest BCUT2D eigenvalue weighted by atomic mass is 10.0. The summed E-state index contributed by atoms with van der Waals surface area (Å²) in [6.07, 6.45) is 0.844. The summed E-state index contributed by atoms with van der Waals surface area (Å²) >= 11 is 3.42. The SMILES string of the molecule is C=C(C)C[C@@H](N)c1cccc(Br)c1.Cl. The molecule has 0 heterocycles. The van der Waals surface area contributed by atoms with Gasteiger partial charge in [-0.05, 0) is 31.0 Å². The van der Waals surface area contributed by atoms with Crippen LogP contribution >= 0.6 is 28.3 Å². The van der Waals surface area contributed by atoms with Crippen LogP contribution in [0.25, 0.3) is 0 Å². The molecule has 0 aliphatic heterocycles. The van der Waals surface area contributed by atoms with E-state index in [1.165, 1.54) is 0 Å². The van der Waals surface area contributed by atoms with Crippen molar-refractivity contribution in [3.63, 3.8) is 0 Å². The van der Waals surface area contributed by atoms with Gasteiger partial charge in [0.1, 0.15) is 0 Å². The molecule has 1 rings (SSSR count). The van der Waals surface area contributed by atoms with Crippen LogP contribution in [-0.4, -0.2) is 0 Å². The van der Waals surface area contributed by atoms with Crippen molar-refractivity contribution in [2.24, 2.45) is 5.73 Å². The second kappa shape index (κ2) is 6.23. The van der Waals surface area contributed by atoms with E-state index in [1.54, 1.807) is 0 Å². The van der Waals surface area contributed by atoms with Crippen LogP contribution in [0.1, 0.15) is 24.9 Å². The van der Waals surface area contributed by atoms with Crippen LogP contribution < -0.4 is 5.73 Å². The Labute approximate surface area is 99.9 Å². The largest absolute Gasteiger partial charge is 0.324 e. The van der Waals surface area contributed by atoms with E-state index in [-0.39, 0.29) is 18.4 Å². The maximum Gasteiger partial charge on any atom is 0.0332 e. The molecule has 0 fully saturated rings. The summed E-state index contributed by atoms with van der Waals surface area (Å²) in [5.74, 6) is 0. The van der Waals surface area contributed by atoms with Gasteiger partial charge in [0, 0.05) is 10.5 Å². The highest BCUT2D eigenvalue weighted by molar-refractivity contribution is 9.10. The topological polar surface area (TPSA) is 26.0 Å². The van der Waals surface area contributed by atoms with Crippen molar-refractivity contribution in [2.75, 3.05) is 0 Å². The van der Waals surface area contributed by atoms with Gasteiger partial charge >= 0.3 is 0 Å². The molecule has 0 bridgehead atoms. The summed E-state index contributed by atoms with van der Waals surface area (Å²) in [5, 5.41) is 0. The Hall–Kier alpha value is -0.310. The molecule has 1 nitrogen and oxygen atoms in total. The third-order valence-corrected chi connectivity index (χ3v) is 2.34. The highest BCUT2D eigenvalue weighted by atomic mass is 79.9. The van der Waals surface area contributed by atoms with Crippen LogP contribution in [-0.2, 0) is 0 Å². The molecule has 0 unspecified atom stereocenters. The van der Waals surface area contributed by atoms with Gasteiger partial charge in [-0.15, -0.1) is 19.0 Å². The molecular weight excluding hydrogens is 261 g/mol. The highest BCUT2D eigenvalue weighted by Crippen LogP contribution is 2.20. The number of hydrogen-bond acceptors (Lipinski definition) is 1. The lowest BCUT2D eigenvalue weighted by Gasteiger charge is -2.11. The van der Waals surface area contributed by atoms with Gasteiger partial charge in [-0.1, -0.05) is 33.6 Å². The average Bonchev–Trinajstić information content (AvgIpc) is 2.03. The van der Waals surface area contributed by atoms with Gasteiger partial charge in [-0.25, -0.2) is 0 Å². The minimum Gasteiger partial charge on any atom is -0.324 e. The lowest BCUT2D eigenvalue weighted by molar-refractivity contribution is 0.717. The van der Waals surface area contributed by atoms with Crippen LogP contribution in [0.3, 0.4) is 0 Å². The Morgan fingerprint density at radius 3 is 2.71 bits per heavy atom. The minimum atomic E-state index is 0. The first-order valence-corrected chi connectivity index (χ1v) is 5.04. The second-order valence-corrected chi connectivity index (χ2v) is 4.24. The molecule has 1 aromatic carbocycles. The Bertz CT molecular complexity index is 312. The summed E-state index contributed by atoms with van der Waals surface area (Å²) in [6, 6.07) is 8.15. The first kappa shape index (κ1) is 13.7. The van der Waals surface area contributed by atoms with Crippen molar-refractivity contribution < 1.29 is 0 Å². The monoisotopic (exact) mass is 275 g/mol. The maximum atomic E-state index is 5.98. The molecule has 1 aromatic rings. The first-order chi connectivity index (χ1) is 6.09. The summed E-state index contributed by atoms with van der Waals surface area (Å²) < 4.78 is 1.07. The number of rotatable bonds is 3. The van der Waals surface area contributed by atoms with Crippen molar-refractivity contribution in [2.45, 2.75) is 19.4 Å². The number of halogens is 2. The van der Waals surface area contributed by atoms with Gasteiger partial charge in [0.15, 0.2) is 0 Å². The number of benzene rings is 1. The van der Waals surface area contributed by atoms with E-state index in [4.69, 9.17) is 5.73 Å². The van der Waals surface area contributed by atoms with Crippen molar-refractivity contribution in [3.05, 3.63) is 46.5 Å². The standard InChI is InChI=1S/C11H14BrN.ClH/c1-8(2)6-11(13)9-4-3-5-10(12)7-9;/h3-5,7,11H,1,6,13H2,2H3;1H/t11-;/m1./s1. The van der Waals surface area contributed by atoms with Crippen LogP contribution in [0.15, 0.2) is 40.9 Å². The molecule has 2 N–H and O–H groups in total. The molecule has 0 aromatic heterocycles. The third kappa shape index (κ3) is 4.27. The molecule has 0 spiro atoms. The van der Waals surface area contributed by atoms with Gasteiger partial charge in [-0.3, -0.25) is 0 Å². The van der Waals surface area contributed by atoms with Crippen LogP contribution in [0.4, 0.5) is 0 Å². The quantitative estimate of drug-likeness (QED) is 0.834. The van der Waals surface area contributed by atoms with E-state index < -0.39 is 0 Å². The molecule has 0 saturated carbocycles. The van der Waals surface area contributed by atoms with Gasteiger partial charge in [0.25, 0.3) is 0 Å². The van der Waals surface area contributed by atoms with Gasteiger partial charge in [-0.2, -0.15) is 0 Å². The zero-order chi connectivity index (χ0) is 9.84. The fourth-order valence-corrected chi connectivity index (χ4v) is 1.65. The van der Waals surface area contributed by atoms with Gasteiger partial charge in [0.05, 0.1) is 0 Å². The molecule has 0 radical (unpaired) electrons. The summed E-state index contributed by atoms with van der Waals surface area (Å²) in [6.45, 7) is 5.85. The molecule has 0 saturated heterocycles. The lowest BCUT2D eigenvalue weighted by Crippen LogP contribution is -2.10. The molecule has 3 heteroatoms. The minimum absolute atomic E-state index is 0. The Morgan fingerprint density at radius 2 is 2.21 bits per heavy atom. The Morgan fingerprint density at radius 1 is 1.57 bits per heavy atom. The van der Waals surface area contributed by atoms with E-state index in [0.29, 0.717) is 0 Å². The summed E-state index contributed by atoms with van der Waals surface area (Å²) in [7, 11) is 0. The fourth-order valence-electron chi connectivity index (χ4n) is 1.23. The van der Waals surface area contributed by atoms with Crippen molar-refractivity contribution >= 4 is 28.3 Å². The first-order valence-electron chi connectivity index (χ1n) is 4.25. The predicted molar refractivity (Wildman–Crippen MR) is 67.7 cm³/mol. The molecule has 14 heavy (non-hydrogen) atoms. The highest BCUT2D eigenvalue weighted by Gasteiger charge is 2.05. The zero-order valence-corrected chi connectivity index (χ0v) is 10.6. The zero-order valence-electron chi connectivity index (χ0n) is 8.16.